The van der Waals surface area contributed by atoms with Crippen LogP contribution in [0.25, 0.3) is 0 Å². The van der Waals surface area contributed by atoms with Gasteiger partial charge in [0.25, 0.3) is 0 Å². The van der Waals surface area contributed by atoms with Gasteiger partial charge in [-0.05, 0) is 94.3 Å². The second-order valence-corrected chi connectivity index (χ2v) is 12.1. The van der Waals surface area contributed by atoms with Gasteiger partial charge in [0.2, 0.25) is 0 Å². The minimum absolute atomic E-state index is 1.04. The van der Waals surface area contributed by atoms with E-state index >= 15 is 0 Å². The maximum atomic E-state index is 2.29. The van der Waals surface area contributed by atoms with Crippen LogP contribution in [0.15, 0.2) is 122 Å². The van der Waals surface area contributed by atoms with Crippen molar-refractivity contribution in [3.05, 3.63) is 122 Å². The van der Waals surface area contributed by atoms with E-state index in [1.165, 1.54) is 30.1 Å². The van der Waals surface area contributed by atoms with Crippen LogP contribution in [0.4, 0.5) is 0 Å². The molecule has 0 saturated heterocycles. The number of hydrogen-bond donors (Lipinski definition) is 0. The summed E-state index contributed by atoms with van der Waals surface area (Å²) >= 11 is 3.98. The zero-order valence-corrected chi connectivity index (χ0v) is 29.3. The van der Waals surface area contributed by atoms with Crippen LogP contribution in [-0.4, -0.2) is 23.0 Å². The summed E-state index contributed by atoms with van der Waals surface area (Å²) in [5, 5.41) is 0. The fourth-order valence-corrected chi connectivity index (χ4v) is 4.43. The second-order valence-electron chi connectivity index (χ2n) is 9.40. The number of allylic oxidation sites excluding steroid dienone is 19. The molecule has 0 aromatic rings. The fraction of sp³-hybridized carbons (Fsp3) is 0.500. The first-order chi connectivity index (χ1) is 20.8. The van der Waals surface area contributed by atoms with Crippen molar-refractivity contribution in [3.8, 4) is 0 Å². The molecule has 0 radical (unpaired) electrons. The van der Waals surface area contributed by atoms with Crippen LogP contribution in [0.1, 0.15) is 105 Å². The lowest BCUT2D eigenvalue weighted by atomic mass is 10.2. The Morgan fingerprint density at radius 2 is 0.619 bits per heavy atom. The molecular weight excluding hydrogens is 545 g/mol. The van der Waals surface area contributed by atoms with Crippen LogP contribution in [0.5, 0.6) is 0 Å². The molecule has 2 heteroatoms. The van der Waals surface area contributed by atoms with Gasteiger partial charge in [-0.3, -0.25) is 0 Å². The summed E-state index contributed by atoms with van der Waals surface area (Å²) in [6, 6.07) is 0. The molecule has 0 rings (SSSR count). The summed E-state index contributed by atoms with van der Waals surface area (Å²) in [6.07, 6.45) is 58.1. The monoisotopic (exact) mass is 608 g/mol. The summed E-state index contributed by atoms with van der Waals surface area (Å²) in [5.41, 5.74) is 0. The van der Waals surface area contributed by atoms with Crippen molar-refractivity contribution in [1.82, 2.24) is 0 Å². The highest BCUT2D eigenvalue weighted by Gasteiger charge is 1.81. The molecule has 0 aromatic carbocycles. The lowest BCUT2D eigenvalue weighted by molar-refractivity contribution is 1.04. The third kappa shape index (κ3) is 45.1. The average molecular weight is 609 g/mol. The Balaban J connectivity index is 0. The van der Waals surface area contributed by atoms with Gasteiger partial charge in [0, 0.05) is 5.75 Å². The zero-order valence-electron chi connectivity index (χ0n) is 27.7. The van der Waals surface area contributed by atoms with Crippen molar-refractivity contribution in [1.29, 1.82) is 0 Å². The van der Waals surface area contributed by atoms with E-state index in [9.17, 15) is 0 Å². The highest BCUT2D eigenvalue weighted by Crippen LogP contribution is 2.03. The van der Waals surface area contributed by atoms with Gasteiger partial charge < -0.3 is 0 Å². The van der Waals surface area contributed by atoms with Crippen LogP contribution in [-0.2, 0) is 0 Å². The first kappa shape index (κ1) is 42.2. The van der Waals surface area contributed by atoms with E-state index in [2.05, 4.69) is 149 Å². The Morgan fingerprint density at radius 3 is 0.976 bits per heavy atom. The average Bonchev–Trinajstić information content (AvgIpc) is 3.00. The summed E-state index contributed by atoms with van der Waals surface area (Å²) in [6.45, 7) is 8.74. The van der Waals surface area contributed by atoms with E-state index in [4.69, 9.17) is 0 Å². The molecule has 42 heavy (non-hydrogen) atoms. The van der Waals surface area contributed by atoms with Gasteiger partial charge in [-0.1, -0.05) is 149 Å². The molecule has 0 heterocycles. The lowest BCUT2D eigenvalue weighted by Crippen LogP contribution is -1.75. The standard InChI is InChI=1S/2C20H32S/c2*1-3-5-6-7-8-9-10-11-12-13-14-15-16-17-18-19-20-21-4-2/h5-6,8-9,11-12,14-15,18-19H,3-4,7,10,13,16-17,20H2,1-2H3;5-6,8-9,11-12,14-15,17-18H,3-4,7,10,13,16,19-20H2,1-2H3/b6-5-,9-8-,12-11-,15-14-,19-18+;6-5-,9-8-,12-11-,15-14-,18-17-. The van der Waals surface area contributed by atoms with E-state index in [-0.39, 0.29) is 0 Å². The predicted octanol–water partition coefficient (Wildman–Crippen LogP) is 13.8. The third-order valence-corrected chi connectivity index (χ3v) is 7.36. The zero-order chi connectivity index (χ0) is 30.9. The van der Waals surface area contributed by atoms with Crippen molar-refractivity contribution in [3.63, 3.8) is 0 Å². The minimum atomic E-state index is 1.04. The topological polar surface area (TPSA) is 0 Å². The molecule has 0 aliphatic heterocycles. The maximum Gasteiger partial charge on any atom is 0.0113 e. The van der Waals surface area contributed by atoms with Crippen LogP contribution in [0.3, 0.4) is 0 Å². The van der Waals surface area contributed by atoms with Crippen LogP contribution in [0, 0.1) is 0 Å². The van der Waals surface area contributed by atoms with Crippen molar-refractivity contribution in [2.75, 3.05) is 23.0 Å². The van der Waals surface area contributed by atoms with Gasteiger partial charge >= 0.3 is 0 Å². The van der Waals surface area contributed by atoms with Gasteiger partial charge in [0.15, 0.2) is 0 Å². The molecule has 0 amide bonds. The van der Waals surface area contributed by atoms with E-state index in [0.717, 1.165) is 70.0 Å². The van der Waals surface area contributed by atoms with Gasteiger partial charge in [-0.15, -0.1) is 0 Å². The molecule has 0 saturated carbocycles. The van der Waals surface area contributed by atoms with Gasteiger partial charge in [0.1, 0.15) is 0 Å². The molecule has 236 valence electrons. The smallest absolute Gasteiger partial charge is 0.0113 e. The molecule has 0 nitrogen and oxygen atoms in total. The van der Waals surface area contributed by atoms with Crippen molar-refractivity contribution >= 4 is 23.5 Å². The van der Waals surface area contributed by atoms with Gasteiger partial charge in [0.05, 0.1) is 0 Å². The number of unbranched alkanes of at least 4 members (excludes halogenated alkanes) is 1. The van der Waals surface area contributed by atoms with Crippen molar-refractivity contribution in [2.45, 2.75) is 105 Å². The van der Waals surface area contributed by atoms with E-state index in [1.807, 2.05) is 23.5 Å². The summed E-state index contributed by atoms with van der Waals surface area (Å²) < 4.78 is 0. The summed E-state index contributed by atoms with van der Waals surface area (Å²) in [7, 11) is 0. The maximum absolute atomic E-state index is 2.29. The van der Waals surface area contributed by atoms with Crippen LogP contribution < -0.4 is 0 Å². The quantitative estimate of drug-likeness (QED) is 0.0707. The molecule has 0 atom stereocenters. The fourth-order valence-electron chi connectivity index (χ4n) is 3.33. The Kier molecular flexibility index (Phi) is 43.8. The first-order valence-electron chi connectivity index (χ1n) is 16.5. The SMILES string of the molecule is CC/C=C\C/C=C\C/C=C\C/C=C\C/C=C\CCSCC.CC/C=C\C/C=C\C/C=C\C/C=C\CC/C=C/CSCC. The lowest BCUT2D eigenvalue weighted by Gasteiger charge is -1.91. The molecule has 0 unspecified atom stereocenters. The van der Waals surface area contributed by atoms with E-state index in [0.29, 0.717) is 0 Å². The largest absolute Gasteiger partial charge is 0.162 e. The molecule has 0 aliphatic carbocycles. The van der Waals surface area contributed by atoms with Gasteiger partial charge in [-0.25, -0.2) is 0 Å². The molecule has 0 N–H and O–H groups in total. The molecule has 0 aromatic heterocycles. The molecule has 0 spiro atoms. The van der Waals surface area contributed by atoms with E-state index in [1.54, 1.807) is 0 Å². The van der Waals surface area contributed by atoms with E-state index < -0.39 is 0 Å². The first-order valence-corrected chi connectivity index (χ1v) is 18.8. The molecule has 0 bridgehead atoms. The summed E-state index contributed by atoms with van der Waals surface area (Å²) in [5.74, 6) is 4.85. The minimum Gasteiger partial charge on any atom is -0.162 e. The second kappa shape index (κ2) is 43.6. The van der Waals surface area contributed by atoms with Crippen LogP contribution >= 0.6 is 23.5 Å². The number of hydrogen-bond acceptors (Lipinski definition) is 2. The molecule has 0 aliphatic rings. The predicted molar refractivity (Wildman–Crippen MR) is 204 cm³/mol. The normalized spacial score (nSPS) is 13.0. The molecular formula is C40H64S2. The van der Waals surface area contributed by atoms with Gasteiger partial charge in [-0.2, -0.15) is 23.5 Å². The Labute approximate surface area is 271 Å². The number of rotatable bonds is 26. The Hall–Kier alpha value is -1.90. The third-order valence-electron chi connectivity index (χ3n) is 5.59. The Bertz CT molecular complexity index is 799. The van der Waals surface area contributed by atoms with Crippen molar-refractivity contribution in [2.24, 2.45) is 0 Å². The highest BCUT2D eigenvalue weighted by atomic mass is 32.2. The Morgan fingerprint density at radius 1 is 0.310 bits per heavy atom. The van der Waals surface area contributed by atoms with Crippen molar-refractivity contribution < 1.29 is 0 Å². The number of thioether (sulfide) groups is 2. The highest BCUT2D eigenvalue weighted by molar-refractivity contribution is 7.99. The molecule has 0 fully saturated rings. The summed E-state index contributed by atoms with van der Waals surface area (Å²) in [4.78, 5) is 0. The van der Waals surface area contributed by atoms with Crippen LogP contribution in [0.2, 0.25) is 0 Å².